The summed E-state index contributed by atoms with van der Waals surface area (Å²) in [5.41, 5.74) is 1.91. The van der Waals surface area contributed by atoms with Crippen molar-refractivity contribution in [1.82, 2.24) is 19.4 Å². The van der Waals surface area contributed by atoms with Crippen molar-refractivity contribution < 1.29 is 13.9 Å². The normalized spacial score (nSPS) is 17.6. The van der Waals surface area contributed by atoms with Gasteiger partial charge in [0.05, 0.1) is 23.1 Å². The number of imidazole rings is 1. The van der Waals surface area contributed by atoms with Crippen molar-refractivity contribution in [2.45, 2.75) is 31.5 Å². The highest BCUT2D eigenvalue weighted by Crippen LogP contribution is 2.43. The van der Waals surface area contributed by atoms with E-state index >= 15 is 0 Å². The summed E-state index contributed by atoms with van der Waals surface area (Å²) < 4.78 is 29.5. The maximum absolute atomic E-state index is 14.0. The maximum atomic E-state index is 14.0. The Morgan fingerprint density at radius 2 is 1.97 bits per heavy atom. The molecular formula is C21H21F2N5O. The summed E-state index contributed by atoms with van der Waals surface area (Å²) >= 11 is 0. The summed E-state index contributed by atoms with van der Waals surface area (Å²) in [6.45, 7) is 1.65. The van der Waals surface area contributed by atoms with Crippen LogP contribution in [0.2, 0.25) is 0 Å². The number of benzene rings is 1. The third-order valence-corrected chi connectivity index (χ3v) is 5.95. The summed E-state index contributed by atoms with van der Waals surface area (Å²) in [6.07, 6.45) is 5.07. The number of piperidine rings is 1. The Morgan fingerprint density at radius 3 is 2.76 bits per heavy atom. The number of nitrogens with one attached hydrogen (secondary N) is 1. The maximum Gasteiger partial charge on any atom is 0.162 e. The third-order valence-electron chi connectivity index (χ3n) is 5.95. The molecule has 2 N–H and O–H groups in total. The van der Waals surface area contributed by atoms with Gasteiger partial charge in [-0.1, -0.05) is 0 Å². The highest BCUT2D eigenvalue weighted by molar-refractivity contribution is 5.63. The van der Waals surface area contributed by atoms with Crippen LogP contribution < -0.4 is 5.32 Å². The predicted octanol–water partition coefficient (Wildman–Crippen LogP) is 2.95. The lowest BCUT2D eigenvalue weighted by Crippen LogP contribution is -2.49. The SMILES string of the molecule is OCc1ncc2n1-c1ncccc1NC21CCN(Cc2cc(F)ccc2F)CC1. The van der Waals surface area contributed by atoms with Crippen molar-refractivity contribution in [2.24, 2.45) is 0 Å². The molecule has 1 fully saturated rings. The Bertz CT molecular complexity index is 1060. The topological polar surface area (TPSA) is 66.2 Å². The second-order valence-electron chi connectivity index (χ2n) is 7.65. The highest BCUT2D eigenvalue weighted by atomic mass is 19.1. The van der Waals surface area contributed by atoms with Gasteiger partial charge in [0, 0.05) is 31.4 Å². The highest BCUT2D eigenvalue weighted by Gasteiger charge is 2.43. The van der Waals surface area contributed by atoms with Gasteiger partial charge in [0.25, 0.3) is 0 Å². The van der Waals surface area contributed by atoms with Gasteiger partial charge in [0.15, 0.2) is 5.82 Å². The minimum Gasteiger partial charge on any atom is -0.388 e. The van der Waals surface area contributed by atoms with Crippen molar-refractivity contribution in [3.8, 4) is 5.82 Å². The lowest BCUT2D eigenvalue weighted by atomic mass is 9.82. The lowest BCUT2D eigenvalue weighted by Gasteiger charge is -2.45. The van der Waals surface area contributed by atoms with E-state index in [0.717, 1.165) is 49.2 Å². The van der Waals surface area contributed by atoms with Gasteiger partial charge in [0.2, 0.25) is 0 Å². The average molecular weight is 397 g/mol. The zero-order valence-electron chi connectivity index (χ0n) is 15.8. The summed E-state index contributed by atoms with van der Waals surface area (Å²) in [6, 6.07) is 7.44. The van der Waals surface area contributed by atoms with E-state index in [-0.39, 0.29) is 18.0 Å². The third kappa shape index (κ3) is 2.99. The first-order chi connectivity index (χ1) is 14.1. The van der Waals surface area contributed by atoms with Gasteiger partial charge in [0.1, 0.15) is 24.1 Å². The van der Waals surface area contributed by atoms with Crippen LogP contribution in [-0.2, 0) is 18.7 Å². The standard InChI is InChI=1S/C21H21F2N5O/c22-15-3-4-16(23)14(10-15)12-27-8-5-21(6-9-27)18-11-25-19(13-29)28(18)20-17(26-21)2-1-7-24-20/h1-4,7,10-11,26,29H,5-6,8-9,12-13H2. The molecule has 0 atom stereocenters. The van der Waals surface area contributed by atoms with E-state index in [0.29, 0.717) is 17.9 Å². The Hall–Kier alpha value is -2.84. The largest absolute Gasteiger partial charge is 0.388 e. The van der Waals surface area contributed by atoms with Gasteiger partial charge in [-0.3, -0.25) is 9.47 Å². The fourth-order valence-corrected chi connectivity index (χ4v) is 4.45. The van der Waals surface area contributed by atoms with E-state index in [1.54, 1.807) is 12.4 Å². The van der Waals surface area contributed by atoms with Crippen LogP contribution in [0.25, 0.3) is 5.82 Å². The molecule has 0 amide bonds. The number of likely N-dealkylation sites (tertiary alicyclic amines) is 1. The van der Waals surface area contributed by atoms with E-state index < -0.39 is 5.82 Å². The second kappa shape index (κ2) is 6.89. The minimum absolute atomic E-state index is 0.170. The molecule has 1 aromatic carbocycles. The molecule has 0 saturated carbocycles. The number of aliphatic hydroxyl groups excluding tert-OH is 1. The van der Waals surface area contributed by atoms with Gasteiger partial charge in [-0.2, -0.15) is 0 Å². The van der Waals surface area contributed by atoms with Gasteiger partial charge in [-0.25, -0.2) is 18.7 Å². The Kier molecular flexibility index (Phi) is 4.33. The molecule has 29 heavy (non-hydrogen) atoms. The first kappa shape index (κ1) is 18.2. The van der Waals surface area contributed by atoms with E-state index in [1.165, 1.54) is 12.1 Å². The average Bonchev–Trinajstić information content (AvgIpc) is 3.18. The first-order valence-corrected chi connectivity index (χ1v) is 9.67. The molecule has 0 radical (unpaired) electrons. The van der Waals surface area contributed by atoms with Crippen LogP contribution in [0.15, 0.2) is 42.7 Å². The Balaban J connectivity index is 1.42. The van der Waals surface area contributed by atoms with Crippen LogP contribution in [-0.4, -0.2) is 37.6 Å². The number of halogens is 2. The van der Waals surface area contributed by atoms with Crippen LogP contribution >= 0.6 is 0 Å². The summed E-state index contributed by atoms with van der Waals surface area (Å²) in [7, 11) is 0. The Morgan fingerprint density at radius 1 is 1.14 bits per heavy atom. The smallest absolute Gasteiger partial charge is 0.162 e. The number of hydrogen-bond acceptors (Lipinski definition) is 5. The molecule has 2 aromatic heterocycles. The number of nitrogens with zero attached hydrogens (tertiary/aromatic N) is 4. The fraction of sp³-hybridized carbons (Fsp3) is 0.333. The number of fused-ring (bicyclic) bond motifs is 4. The summed E-state index contributed by atoms with van der Waals surface area (Å²) in [4.78, 5) is 11.0. The van der Waals surface area contributed by atoms with Crippen LogP contribution in [0.1, 0.15) is 29.9 Å². The van der Waals surface area contributed by atoms with E-state index in [9.17, 15) is 13.9 Å². The molecule has 8 heteroatoms. The Labute approximate surface area is 166 Å². The van der Waals surface area contributed by atoms with E-state index in [2.05, 4.69) is 20.2 Å². The molecule has 2 aliphatic heterocycles. The summed E-state index contributed by atoms with van der Waals surface area (Å²) in [5, 5.41) is 13.4. The molecule has 6 nitrogen and oxygen atoms in total. The van der Waals surface area contributed by atoms with Crippen molar-refractivity contribution in [3.05, 3.63) is 71.4 Å². The number of aromatic nitrogens is 3. The second-order valence-corrected chi connectivity index (χ2v) is 7.65. The lowest BCUT2D eigenvalue weighted by molar-refractivity contribution is 0.159. The number of aliphatic hydroxyl groups is 1. The zero-order chi connectivity index (χ0) is 20.0. The van der Waals surface area contributed by atoms with Crippen molar-refractivity contribution in [3.63, 3.8) is 0 Å². The van der Waals surface area contributed by atoms with Gasteiger partial charge in [-0.05, 0) is 43.2 Å². The number of rotatable bonds is 3. The fourth-order valence-electron chi connectivity index (χ4n) is 4.45. The molecule has 2 aliphatic rings. The molecule has 3 aromatic rings. The van der Waals surface area contributed by atoms with Crippen LogP contribution in [0.3, 0.4) is 0 Å². The van der Waals surface area contributed by atoms with Crippen molar-refractivity contribution in [2.75, 3.05) is 18.4 Å². The molecule has 1 spiro atoms. The van der Waals surface area contributed by atoms with E-state index in [1.807, 2.05) is 16.7 Å². The zero-order valence-corrected chi connectivity index (χ0v) is 15.8. The van der Waals surface area contributed by atoms with E-state index in [4.69, 9.17) is 0 Å². The number of anilines is 1. The summed E-state index contributed by atoms with van der Waals surface area (Å²) in [5.74, 6) is 0.491. The first-order valence-electron chi connectivity index (χ1n) is 9.67. The molecule has 4 heterocycles. The van der Waals surface area contributed by atoms with Gasteiger partial charge < -0.3 is 10.4 Å². The molecule has 0 bridgehead atoms. The number of pyridine rings is 1. The van der Waals surface area contributed by atoms with Crippen molar-refractivity contribution >= 4 is 5.69 Å². The predicted molar refractivity (Wildman–Crippen MR) is 103 cm³/mol. The molecule has 0 unspecified atom stereocenters. The molecular weight excluding hydrogens is 376 g/mol. The van der Waals surface area contributed by atoms with Crippen LogP contribution in [0.5, 0.6) is 0 Å². The molecule has 1 saturated heterocycles. The molecule has 5 rings (SSSR count). The van der Waals surface area contributed by atoms with Crippen LogP contribution in [0.4, 0.5) is 14.5 Å². The van der Waals surface area contributed by atoms with Gasteiger partial charge >= 0.3 is 0 Å². The van der Waals surface area contributed by atoms with Gasteiger partial charge in [-0.15, -0.1) is 0 Å². The van der Waals surface area contributed by atoms with Crippen LogP contribution in [0, 0.1) is 11.6 Å². The quantitative estimate of drug-likeness (QED) is 0.711. The minimum atomic E-state index is -0.423. The molecule has 0 aliphatic carbocycles. The monoisotopic (exact) mass is 397 g/mol. The number of hydrogen-bond donors (Lipinski definition) is 2. The van der Waals surface area contributed by atoms with Crippen molar-refractivity contribution in [1.29, 1.82) is 0 Å². The molecule has 150 valence electrons.